The maximum Gasteiger partial charge on any atom is 0.490 e. The quantitative estimate of drug-likeness (QED) is 0.883. The lowest BCUT2D eigenvalue weighted by Gasteiger charge is -2.17. The minimum atomic E-state index is -5.08. The van der Waals surface area contributed by atoms with Gasteiger partial charge in [0.25, 0.3) is 0 Å². The number of alkyl halides is 3. The van der Waals surface area contributed by atoms with Gasteiger partial charge in [-0.1, -0.05) is 0 Å². The van der Waals surface area contributed by atoms with Crippen molar-refractivity contribution in [3.8, 4) is 0 Å². The van der Waals surface area contributed by atoms with Crippen LogP contribution in [0.5, 0.6) is 0 Å². The maximum atomic E-state index is 10.6. The zero-order chi connectivity index (χ0) is 17.6. The number of hydrogen-bond acceptors (Lipinski definition) is 5. The van der Waals surface area contributed by atoms with E-state index in [-0.39, 0.29) is 6.54 Å². The summed E-state index contributed by atoms with van der Waals surface area (Å²) in [5.74, 6) is -3.62. The Bertz CT molecular complexity index is 701. The minimum Gasteiger partial charge on any atom is -0.480 e. The fourth-order valence-corrected chi connectivity index (χ4v) is 1.59. The summed E-state index contributed by atoms with van der Waals surface area (Å²) in [4.78, 5) is 29.4. The van der Waals surface area contributed by atoms with Crippen LogP contribution in [0, 0.1) is 0 Å². The fraction of sp³-hybridized carbons (Fsp3) is 0.231. The molecule has 0 fully saturated rings. The van der Waals surface area contributed by atoms with Crippen LogP contribution < -0.4 is 4.90 Å². The molecule has 7 nitrogen and oxygen atoms in total. The van der Waals surface area contributed by atoms with E-state index in [0.29, 0.717) is 5.65 Å². The topological polar surface area (TPSA) is 104 Å². The number of pyridine rings is 2. The van der Waals surface area contributed by atoms with Gasteiger partial charge in [0.1, 0.15) is 6.54 Å². The molecule has 0 radical (unpaired) electrons. The van der Waals surface area contributed by atoms with Crippen molar-refractivity contribution in [3.05, 3.63) is 30.6 Å². The summed E-state index contributed by atoms with van der Waals surface area (Å²) >= 11 is 0. The van der Waals surface area contributed by atoms with Gasteiger partial charge in [0.05, 0.1) is 0 Å². The average Bonchev–Trinajstić information content (AvgIpc) is 2.45. The van der Waals surface area contributed by atoms with Crippen LogP contribution in [0.15, 0.2) is 30.6 Å². The molecule has 124 valence electrons. The van der Waals surface area contributed by atoms with E-state index in [1.165, 1.54) is 0 Å². The molecule has 0 amide bonds. The molecule has 0 aromatic carbocycles. The van der Waals surface area contributed by atoms with Crippen molar-refractivity contribution >= 4 is 28.7 Å². The second-order valence-electron chi connectivity index (χ2n) is 4.26. The van der Waals surface area contributed by atoms with Crippen molar-refractivity contribution in [1.82, 2.24) is 9.97 Å². The third-order valence-electron chi connectivity index (χ3n) is 2.52. The van der Waals surface area contributed by atoms with Crippen LogP contribution in [0.1, 0.15) is 0 Å². The van der Waals surface area contributed by atoms with Crippen molar-refractivity contribution in [1.29, 1.82) is 0 Å². The van der Waals surface area contributed by atoms with Gasteiger partial charge in [0, 0.05) is 30.5 Å². The number of anilines is 1. The zero-order valence-corrected chi connectivity index (χ0v) is 11.8. The van der Waals surface area contributed by atoms with Gasteiger partial charge in [-0.25, -0.2) is 14.8 Å². The van der Waals surface area contributed by atoms with Crippen molar-refractivity contribution < 1.29 is 33.0 Å². The van der Waals surface area contributed by atoms with Gasteiger partial charge in [-0.15, -0.1) is 0 Å². The summed E-state index contributed by atoms with van der Waals surface area (Å²) in [5.41, 5.74) is 1.44. The minimum absolute atomic E-state index is 0.0476. The molecule has 2 rings (SSSR count). The van der Waals surface area contributed by atoms with E-state index in [1.807, 2.05) is 12.1 Å². The Labute approximate surface area is 128 Å². The molecule has 0 aliphatic carbocycles. The van der Waals surface area contributed by atoms with Gasteiger partial charge < -0.3 is 15.1 Å². The van der Waals surface area contributed by atoms with Gasteiger partial charge >= 0.3 is 18.1 Å². The molecular formula is C13H12F3N3O4. The molecule has 0 unspecified atom stereocenters. The number of aliphatic carboxylic acids is 2. The normalized spacial score (nSPS) is 10.6. The first-order valence-corrected chi connectivity index (χ1v) is 6.05. The standard InChI is InChI=1S/C11H11N3O2.C2HF3O2/c1-14(7-10(15)16)9-4-6-13-11-8(9)3-2-5-12-11;3-2(4,5)1(6)7/h2-6H,7H2,1H3,(H,15,16);(H,6,7). The predicted molar refractivity (Wildman–Crippen MR) is 74.1 cm³/mol. The van der Waals surface area contributed by atoms with Crippen molar-refractivity contribution in [2.75, 3.05) is 18.5 Å². The van der Waals surface area contributed by atoms with Crippen LogP contribution in [0.25, 0.3) is 11.0 Å². The van der Waals surface area contributed by atoms with Crippen molar-refractivity contribution in [2.24, 2.45) is 0 Å². The molecule has 23 heavy (non-hydrogen) atoms. The fourth-order valence-electron chi connectivity index (χ4n) is 1.59. The largest absolute Gasteiger partial charge is 0.490 e. The monoisotopic (exact) mass is 331 g/mol. The highest BCUT2D eigenvalue weighted by Crippen LogP contribution is 2.22. The van der Waals surface area contributed by atoms with Crippen molar-refractivity contribution in [2.45, 2.75) is 6.18 Å². The number of aromatic nitrogens is 2. The van der Waals surface area contributed by atoms with Gasteiger partial charge in [-0.05, 0) is 18.2 Å². The molecule has 2 aromatic rings. The van der Waals surface area contributed by atoms with Crippen LogP contribution in [0.4, 0.5) is 18.9 Å². The highest BCUT2D eigenvalue weighted by molar-refractivity contribution is 5.90. The molecule has 0 saturated carbocycles. The number of halogens is 3. The molecule has 0 saturated heterocycles. The van der Waals surface area contributed by atoms with E-state index in [2.05, 4.69) is 9.97 Å². The molecule has 10 heteroatoms. The Hall–Kier alpha value is -2.91. The number of hydrogen-bond donors (Lipinski definition) is 2. The molecule has 0 aliphatic heterocycles. The highest BCUT2D eigenvalue weighted by Gasteiger charge is 2.38. The van der Waals surface area contributed by atoms with Gasteiger partial charge in [0.15, 0.2) is 5.65 Å². The van der Waals surface area contributed by atoms with E-state index in [4.69, 9.17) is 15.0 Å². The van der Waals surface area contributed by atoms with Crippen LogP contribution >= 0.6 is 0 Å². The summed E-state index contributed by atoms with van der Waals surface area (Å²) in [6.45, 7) is -0.0476. The maximum absolute atomic E-state index is 10.6. The molecular weight excluding hydrogens is 319 g/mol. The van der Waals surface area contributed by atoms with E-state index in [9.17, 15) is 18.0 Å². The first-order chi connectivity index (χ1) is 10.6. The number of carbonyl (C=O) groups is 2. The number of fused-ring (bicyclic) bond motifs is 1. The Kier molecular flexibility index (Phi) is 5.82. The van der Waals surface area contributed by atoms with E-state index in [0.717, 1.165) is 11.1 Å². The number of nitrogens with zero attached hydrogens (tertiary/aromatic N) is 3. The Morgan fingerprint density at radius 1 is 1.17 bits per heavy atom. The average molecular weight is 331 g/mol. The van der Waals surface area contributed by atoms with E-state index >= 15 is 0 Å². The zero-order valence-electron chi connectivity index (χ0n) is 11.8. The SMILES string of the molecule is CN(CC(=O)O)c1ccnc2ncccc12.O=C(O)C(F)(F)F. The number of carboxylic acids is 2. The first-order valence-electron chi connectivity index (χ1n) is 6.05. The third-order valence-corrected chi connectivity index (χ3v) is 2.52. The summed E-state index contributed by atoms with van der Waals surface area (Å²) in [7, 11) is 1.73. The van der Waals surface area contributed by atoms with E-state index < -0.39 is 18.1 Å². The number of carboxylic acid groups (broad SMARTS) is 2. The molecule has 0 atom stereocenters. The van der Waals surface area contributed by atoms with Gasteiger partial charge in [-0.2, -0.15) is 13.2 Å². The predicted octanol–water partition coefficient (Wildman–Crippen LogP) is 1.78. The second-order valence-corrected chi connectivity index (χ2v) is 4.26. The summed E-state index contributed by atoms with van der Waals surface area (Å²) in [5, 5.41) is 16.7. The van der Waals surface area contributed by atoms with E-state index in [1.54, 1.807) is 30.4 Å². The molecule has 0 aliphatic rings. The lowest BCUT2D eigenvalue weighted by atomic mass is 10.2. The second kappa shape index (κ2) is 7.38. The molecule has 0 spiro atoms. The van der Waals surface area contributed by atoms with Crippen LogP contribution in [-0.4, -0.2) is 51.9 Å². The van der Waals surface area contributed by atoms with Crippen LogP contribution in [0.2, 0.25) is 0 Å². The Balaban J connectivity index is 0.000000322. The molecule has 2 heterocycles. The lowest BCUT2D eigenvalue weighted by Crippen LogP contribution is -2.25. The summed E-state index contributed by atoms with van der Waals surface area (Å²) in [6, 6.07) is 5.47. The number of rotatable bonds is 3. The summed E-state index contributed by atoms with van der Waals surface area (Å²) < 4.78 is 31.7. The smallest absolute Gasteiger partial charge is 0.480 e. The van der Waals surface area contributed by atoms with Gasteiger partial charge in [0.2, 0.25) is 0 Å². The molecule has 2 aromatic heterocycles. The molecule has 0 bridgehead atoms. The Morgan fingerprint density at radius 2 is 1.74 bits per heavy atom. The Morgan fingerprint density at radius 3 is 2.26 bits per heavy atom. The summed E-state index contributed by atoms with van der Waals surface area (Å²) in [6.07, 6.45) is -1.79. The van der Waals surface area contributed by atoms with Crippen LogP contribution in [0.3, 0.4) is 0 Å². The first kappa shape index (κ1) is 18.1. The highest BCUT2D eigenvalue weighted by atomic mass is 19.4. The number of likely N-dealkylation sites (N-methyl/N-ethyl adjacent to an activating group) is 1. The third kappa shape index (κ3) is 5.41. The van der Waals surface area contributed by atoms with Crippen molar-refractivity contribution in [3.63, 3.8) is 0 Å². The molecule has 2 N–H and O–H groups in total. The van der Waals surface area contributed by atoms with Crippen LogP contribution in [-0.2, 0) is 9.59 Å². The lowest BCUT2D eigenvalue weighted by molar-refractivity contribution is -0.192. The van der Waals surface area contributed by atoms with Gasteiger partial charge in [-0.3, -0.25) is 4.79 Å².